The minimum absolute atomic E-state index is 0.0135. The van der Waals surface area contributed by atoms with Gasteiger partial charge < -0.3 is 19.5 Å². The van der Waals surface area contributed by atoms with Gasteiger partial charge in [0.25, 0.3) is 0 Å². The monoisotopic (exact) mass is 478 g/mol. The molecule has 1 aliphatic carbocycles. The fraction of sp³-hybridized carbons (Fsp3) is 0.552. The van der Waals surface area contributed by atoms with E-state index in [1.54, 1.807) is 7.11 Å². The van der Waals surface area contributed by atoms with Gasteiger partial charge in [-0.25, -0.2) is 4.79 Å². The number of rotatable bonds is 7. The third kappa shape index (κ3) is 5.34. The van der Waals surface area contributed by atoms with Crippen LogP contribution in [0.15, 0.2) is 42.5 Å². The van der Waals surface area contributed by atoms with Gasteiger partial charge in [-0.2, -0.15) is 0 Å². The lowest BCUT2D eigenvalue weighted by Crippen LogP contribution is -2.53. The van der Waals surface area contributed by atoms with Gasteiger partial charge in [-0.15, -0.1) is 0 Å². The molecule has 1 unspecified atom stereocenters. The molecule has 0 saturated carbocycles. The molecule has 6 heteroatoms. The maximum Gasteiger partial charge on any atom is 0.407 e. The number of carbonyl (C=O) groups excluding carboxylic acids is 1. The molecule has 6 rings (SSSR count). The minimum Gasteiger partial charge on any atom is -0.491 e. The van der Waals surface area contributed by atoms with Gasteiger partial charge in [-0.3, -0.25) is 4.90 Å². The molecule has 0 spiro atoms. The second kappa shape index (κ2) is 10.2. The number of aryl methyl sites for hydroxylation is 1. The lowest BCUT2D eigenvalue weighted by Gasteiger charge is -2.44. The molecule has 3 heterocycles. The van der Waals surface area contributed by atoms with Gasteiger partial charge in [-0.05, 0) is 90.6 Å². The van der Waals surface area contributed by atoms with Gasteiger partial charge in [0, 0.05) is 13.7 Å². The maximum absolute atomic E-state index is 13.1. The van der Waals surface area contributed by atoms with Crippen LogP contribution in [0, 0.1) is 11.3 Å². The number of fused-ring (bicyclic) bond motifs is 4. The highest BCUT2D eigenvalue weighted by atomic mass is 16.6. The van der Waals surface area contributed by atoms with Crippen molar-refractivity contribution in [3.8, 4) is 16.9 Å². The van der Waals surface area contributed by atoms with Crippen LogP contribution in [0.2, 0.25) is 0 Å². The summed E-state index contributed by atoms with van der Waals surface area (Å²) in [6.07, 6.45) is 4.04. The summed E-state index contributed by atoms with van der Waals surface area (Å²) < 4.78 is 16.8. The Labute approximate surface area is 208 Å². The van der Waals surface area contributed by atoms with E-state index in [0.29, 0.717) is 19.1 Å². The Hall–Kier alpha value is -2.57. The summed E-state index contributed by atoms with van der Waals surface area (Å²) in [5.74, 6) is 1.34. The van der Waals surface area contributed by atoms with Crippen LogP contribution in [0.3, 0.4) is 0 Å². The predicted molar refractivity (Wildman–Crippen MR) is 137 cm³/mol. The minimum atomic E-state index is -0.280. The Kier molecular flexibility index (Phi) is 7.03. The fourth-order valence-corrected chi connectivity index (χ4v) is 5.89. The maximum atomic E-state index is 13.1. The molecular formula is C29H38N2O4. The molecule has 3 fully saturated rings. The molecule has 3 aliphatic heterocycles. The molecule has 3 saturated heterocycles. The summed E-state index contributed by atoms with van der Waals surface area (Å²) in [5.41, 5.74) is 4.72. The average molecular weight is 479 g/mol. The quantitative estimate of drug-likeness (QED) is 0.554. The van der Waals surface area contributed by atoms with E-state index in [1.165, 1.54) is 11.1 Å². The number of hydrogen-bond donors (Lipinski definition) is 1. The summed E-state index contributed by atoms with van der Waals surface area (Å²) in [4.78, 5) is 15.5. The Balaban J connectivity index is 1.32. The molecule has 2 aromatic carbocycles. The molecule has 0 radical (unpaired) electrons. The molecule has 2 bridgehead atoms. The van der Waals surface area contributed by atoms with E-state index in [2.05, 4.69) is 54.4 Å². The van der Waals surface area contributed by atoms with E-state index in [4.69, 9.17) is 14.2 Å². The van der Waals surface area contributed by atoms with Gasteiger partial charge in [0.1, 0.15) is 18.5 Å². The van der Waals surface area contributed by atoms with E-state index in [0.717, 1.165) is 62.2 Å². The number of benzene rings is 2. The number of methoxy groups -OCH3 is 1. The molecule has 2 aromatic rings. The fourth-order valence-electron chi connectivity index (χ4n) is 5.89. The second-order valence-electron chi connectivity index (χ2n) is 10.9. The molecule has 4 aliphatic rings. The number of amides is 1. The molecule has 188 valence electrons. The van der Waals surface area contributed by atoms with Crippen LogP contribution < -0.4 is 10.1 Å². The van der Waals surface area contributed by atoms with Crippen molar-refractivity contribution in [2.75, 3.05) is 40.0 Å². The Morgan fingerprint density at radius 2 is 1.80 bits per heavy atom. The van der Waals surface area contributed by atoms with Crippen LogP contribution in [0.25, 0.3) is 11.1 Å². The van der Waals surface area contributed by atoms with E-state index >= 15 is 0 Å². The highest BCUT2D eigenvalue weighted by molar-refractivity contribution is 5.70. The van der Waals surface area contributed by atoms with Crippen molar-refractivity contribution in [2.24, 2.45) is 11.3 Å². The van der Waals surface area contributed by atoms with Crippen molar-refractivity contribution in [3.05, 3.63) is 53.6 Å². The van der Waals surface area contributed by atoms with Crippen LogP contribution >= 0.6 is 0 Å². The topological polar surface area (TPSA) is 60.0 Å². The van der Waals surface area contributed by atoms with Gasteiger partial charge in [0.05, 0.1) is 12.6 Å². The lowest BCUT2D eigenvalue weighted by molar-refractivity contribution is -0.0353. The summed E-state index contributed by atoms with van der Waals surface area (Å²) in [6, 6.07) is 14.7. The van der Waals surface area contributed by atoms with Crippen molar-refractivity contribution in [2.45, 2.75) is 51.7 Å². The van der Waals surface area contributed by atoms with Crippen molar-refractivity contribution in [1.82, 2.24) is 10.2 Å². The smallest absolute Gasteiger partial charge is 0.407 e. The van der Waals surface area contributed by atoms with Crippen molar-refractivity contribution < 1.29 is 19.0 Å². The Morgan fingerprint density at radius 1 is 1.06 bits per heavy atom. The number of ether oxygens (including phenoxy) is 3. The number of alkyl carbamates (subject to hydrolysis) is 1. The average Bonchev–Trinajstić information content (AvgIpc) is 2.87. The third-order valence-corrected chi connectivity index (χ3v) is 8.14. The van der Waals surface area contributed by atoms with Gasteiger partial charge in [0.15, 0.2) is 0 Å². The largest absolute Gasteiger partial charge is 0.491 e. The first kappa shape index (κ1) is 24.1. The summed E-state index contributed by atoms with van der Waals surface area (Å²) >= 11 is 0. The van der Waals surface area contributed by atoms with Crippen LogP contribution in [0.1, 0.15) is 50.3 Å². The Morgan fingerprint density at radius 3 is 2.49 bits per heavy atom. The number of carbonyl (C=O) groups is 1. The molecule has 1 N–H and O–H groups in total. The zero-order valence-electron chi connectivity index (χ0n) is 21.2. The van der Waals surface area contributed by atoms with E-state index in [1.807, 2.05) is 12.1 Å². The zero-order chi connectivity index (χ0) is 24.4. The van der Waals surface area contributed by atoms with Crippen molar-refractivity contribution >= 4 is 6.09 Å². The number of nitrogens with one attached hydrogen (secondary N) is 1. The van der Waals surface area contributed by atoms with E-state index in [-0.39, 0.29) is 23.7 Å². The first-order valence-corrected chi connectivity index (χ1v) is 13.0. The zero-order valence-corrected chi connectivity index (χ0v) is 21.2. The van der Waals surface area contributed by atoms with E-state index in [9.17, 15) is 4.79 Å². The normalized spacial score (nSPS) is 26.6. The third-order valence-electron chi connectivity index (χ3n) is 8.14. The van der Waals surface area contributed by atoms with Crippen LogP contribution in [0.5, 0.6) is 5.75 Å². The summed E-state index contributed by atoms with van der Waals surface area (Å²) in [7, 11) is 1.67. The lowest BCUT2D eigenvalue weighted by atomic mass is 9.70. The highest BCUT2D eigenvalue weighted by Gasteiger charge is 2.40. The number of hydrogen-bond acceptors (Lipinski definition) is 5. The molecule has 1 amide bonds. The highest BCUT2D eigenvalue weighted by Crippen LogP contribution is 2.45. The molecule has 6 nitrogen and oxygen atoms in total. The molecule has 2 atom stereocenters. The SMILES string of the molecule is COCCOc1ccc(-c2ccc3c(c2)C(NC(=O)O[C@@H]2CN4CCC2CC4)C(C)(C)CC3)cc1. The predicted octanol–water partition coefficient (Wildman–Crippen LogP) is 5.21. The Bertz CT molecular complexity index is 1030. The van der Waals surface area contributed by atoms with Crippen LogP contribution in [0.4, 0.5) is 4.79 Å². The van der Waals surface area contributed by atoms with Crippen LogP contribution in [-0.4, -0.2) is 57.1 Å². The molecule has 0 aromatic heterocycles. The number of piperidine rings is 3. The van der Waals surface area contributed by atoms with Crippen molar-refractivity contribution in [1.29, 1.82) is 0 Å². The molecule has 35 heavy (non-hydrogen) atoms. The summed E-state index contributed by atoms with van der Waals surface area (Å²) in [5, 5.41) is 3.28. The van der Waals surface area contributed by atoms with Gasteiger partial charge in [0.2, 0.25) is 0 Å². The first-order chi connectivity index (χ1) is 16.9. The standard InChI is InChI=1S/C29H38N2O4/c1-29(2)13-10-21-4-5-23(20-6-8-24(9-7-20)34-17-16-33-3)18-25(21)27(29)30-28(32)35-26-19-31-14-11-22(26)12-15-31/h4-9,18,22,26-27H,10-17,19H2,1-3H3,(H,30,32)/t26-,27?/m1/s1. The van der Waals surface area contributed by atoms with Crippen molar-refractivity contribution in [3.63, 3.8) is 0 Å². The summed E-state index contributed by atoms with van der Waals surface area (Å²) in [6.45, 7) is 8.74. The van der Waals surface area contributed by atoms with Gasteiger partial charge >= 0.3 is 6.09 Å². The first-order valence-electron chi connectivity index (χ1n) is 13.0. The van der Waals surface area contributed by atoms with Crippen LogP contribution in [-0.2, 0) is 15.9 Å². The molecular weight excluding hydrogens is 440 g/mol. The van der Waals surface area contributed by atoms with E-state index < -0.39 is 0 Å². The number of nitrogens with zero attached hydrogens (tertiary/aromatic N) is 1. The second-order valence-corrected chi connectivity index (χ2v) is 10.9. The van der Waals surface area contributed by atoms with Gasteiger partial charge in [-0.1, -0.05) is 38.1 Å².